The molecule has 1 aliphatic heterocycles. The second-order valence-electron chi connectivity index (χ2n) is 15.1. The van der Waals surface area contributed by atoms with Gasteiger partial charge >= 0.3 is 0 Å². The van der Waals surface area contributed by atoms with Crippen molar-refractivity contribution in [2.45, 2.75) is 25.2 Å². The average molecular weight is 753 g/mol. The maximum Gasteiger partial charge on any atom is 0.135 e. The SMILES string of the molecule is C1=Cc2c(c3ccccc3n2-c2ccc3sc4ccc(-c5ccc6oc7cc(C8N=C(c9ccccc9)NC(c9ccccc9)N8)ccc7c6c5)cc4c3c2)CC1. The van der Waals surface area contributed by atoms with Crippen LogP contribution in [-0.4, -0.2) is 10.4 Å². The molecular weight excluding hydrogens is 717 g/mol. The van der Waals surface area contributed by atoms with Gasteiger partial charge in [0, 0.05) is 53.3 Å². The van der Waals surface area contributed by atoms with E-state index in [-0.39, 0.29) is 12.3 Å². The molecule has 10 aromatic rings. The van der Waals surface area contributed by atoms with E-state index in [0.29, 0.717) is 0 Å². The van der Waals surface area contributed by atoms with Crippen molar-refractivity contribution in [3.8, 4) is 16.8 Å². The Morgan fingerprint density at radius 2 is 1.35 bits per heavy atom. The maximum absolute atomic E-state index is 6.53. The van der Waals surface area contributed by atoms with Crippen LogP contribution in [0.1, 0.15) is 46.7 Å². The number of para-hydroxylation sites is 1. The van der Waals surface area contributed by atoms with Gasteiger partial charge in [-0.2, -0.15) is 0 Å². The molecule has 0 spiro atoms. The van der Waals surface area contributed by atoms with Gasteiger partial charge in [-0.15, -0.1) is 11.3 Å². The minimum absolute atomic E-state index is 0.0988. The largest absolute Gasteiger partial charge is 0.456 e. The number of allylic oxidation sites excluding steroid dienone is 1. The van der Waals surface area contributed by atoms with Crippen LogP contribution in [0.3, 0.4) is 0 Å². The van der Waals surface area contributed by atoms with Gasteiger partial charge in [0.1, 0.15) is 29.3 Å². The van der Waals surface area contributed by atoms with Crippen molar-refractivity contribution in [1.29, 1.82) is 0 Å². The molecule has 3 aromatic heterocycles. The third-order valence-electron chi connectivity index (χ3n) is 11.8. The van der Waals surface area contributed by atoms with E-state index < -0.39 is 0 Å². The molecule has 7 aromatic carbocycles. The zero-order valence-electron chi connectivity index (χ0n) is 30.9. The first-order valence-electron chi connectivity index (χ1n) is 19.6. The van der Waals surface area contributed by atoms with Gasteiger partial charge in [0.15, 0.2) is 0 Å². The topological polar surface area (TPSA) is 54.5 Å². The van der Waals surface area contributed by atoms with Gasteiger partial charge < -0.3 is 14.3 Å². The first kappa shape index (κ1) is 32.5. The summed E-state index contributed by atoms with van der Waals surface area (Å²) in [7, 11) is 0. The summed E-state index contributed by atoms with van der Waals surface area (Å²) in [4.78, 5) is 5.16. The van der Waals surface area contributed by atoms with Crippen molar-refractivity contribution in [1.82, 2.24) is 15.2 Å². The number of furan rings is 1. The highest BCUT2D eigenvalue weighted by Crippen LogP contribution is 2.41. The first-order chi connectivity index (χ1) is 28.2. The number of benzene rings is 7. The van der Waals surface area contributed by atoms with Crippen LogP contribution in [0.5, 0.6) is 0 Å². The number of amidine groups is 1. The molecular formula is C51H36N4OS. The van der Waals surface area contributed by atoms with E-state index in [1.807, 2.05) is 23.5 Å². The maximum atomic E-state index is 6.53. The van der Waals surface area contributed by atoms with Crippen molar-refractivity contribution in [2.24, 2.45) is 4.99 Å². The first-order valence-corrected chi connectivity index (χ1v) is 20.5. The molecule has 0 amide bonds. The van der Waals surface area contributed by atoms with E-state index in [0.717, 1.165) is 57.3 Å². The molecule has 6 heteroatoms. The van der Waals surface area contributed by atoms with Gasteiger partial charge in [-0.05, 0) is 101 Å². The Morgan fingerprint density at radius 1 is 0.596 bits per heavy atom. The number of nitrogens with one attached hydrogen (secondary N) is 2. The standard InChI is InChI=1S/C51H36N4OS/c1-3-11-31(12-4-1)49-52-50(32-13-5-2-6-14-32)54-51(53-49)35-19-23-39-40-27-33(20-24-45(40)56-46(39)29-35)34-21-25-47-41(28-34)42-30-36(22-26-48(42)57-47)55-43-17-9-7-15-37(43)38-16-8-10-18-44(38)55/h1-7,9-15,17-30,49,51,53H,8,16H2,(H,52,54). The predicted octanol–water partition coefficient (Wildman–Crippen LogP) is 12.9. The zero-order valence-corrected chi connectivity index (χ0v) is 31.8. The average Bonchev–Trinajstić information content (AvgIpc) is 3.95. The quantitative estimate of drug-likeness (QED) is 0.184. The van der Waals surface area contributed by atoms with E-state index in [1.165, 1.54) is 59.1 Å². The van der Waals surface area contributed by atoms with E-state index in [2.05, 4.69) is 173 Å². The number of rotatable bonds is 5. The van der Waals surface area contributed by atoms with Crippen LogP contribution in [0.15, 0.2) is 173 Å². The molecule has 0 saturated carbocycles. The van der Waals surface area contributed by atoms with Crippen LogP contribution in [0.25, 0.3) is 75.9 Å². The van der Waals surface area contributed by atoms with E-state index in [4.69, 9.17) is 9.41 Å². The molecule has 5 nitrogen and oxygen atoms in total. The summed E-state index contributed by atoms with van der Waals surface area (Å²) in [5, 5.41) is 13.5. The molecule has 1 aliphatic carbocycles. The summed E-state index contributed by atoms with van der Waals surface area (Å²) in [6.07, 6.45) is 6.44. The third kappa shape index (κ3) is 5.36. The molecule has 12 rings (SSSR count). The van der Waals surface area contributed by atoms with Gasteiger partial charge in [0.2, 0.25) is 0 Å². The lowest BCUT2D eigenvalue weighted by atomic mass is 10.00. The van der Waals surface area contributed by atoms with Crippen molar-refractivity contribution < 1.29 is 4.42 Å². The summed E-state index contributed by atoms with van der Waals surface area (Å²) < 4.78 is 11.6. The lowest BCUT2D eigenvalue weighted by molar-refractivity contribution is 0.409. The van der Waals surface area contributed by atoms with Crippen LogP contribution >= 0.6 is 11.3 Å². The number of hydrogen-bond acceptors (Lipinski definition) is 5. The minimum atomic E-state index is -0.259. The molecule has 2 atom stereocenters. The molecule has 0 fully saturated rings. The number of aryl methyl sites for hydroxylation is 1. The summed E-state index contributed by atoms with van der Waals surface area (Å²) in [5.74, 6) is 0.864. The summed E-state index contributed by atoms with van der Waals surface area (Å²) >= 11 is 1.86. The van der Waals surface area contributed by atoms with Crippen LogP contribution in [0, 0.1) is 0 Å². The van der Waals surface area contributed by atoms with Gasteiger partial charge in [0.05, 0.1) is 5.52 Å². The molecule has 0 radical (unpaired) electrons. The second-order valence-corrected chi connectivity index (χ2v) is 16.2. The summed E-state index contributed by atoms with van der Waals surface area (Å²) in [5.41, 5.74) is 12.6. The van der Waals surface area contributed by atoms with Crippen LogP contribution in [0.4, 0.5) is 0 Å². The fraction of sp³-hybridized carbons (Fsp3) is 0.0784. The van der Waals surface area contributed by atoms with Gasteiger partial charge in [-0.3, -0.25) is 5.32 Å². The Morgan fingerprint density at radius 3 is 2.23 bits per heavy atom. The number of fused-ring (bicyclic) bond motifs is 9. The van der Waals surface area contributed by atoms with Crippen LogP contribution < -0.4 is 10.6 Å². The highest BCUT2D eigenvalue weighted by Gasteiger charge is 2.26. The monoisotopic (exact) mass is 752 g/mol. The van der Waals surface area contributed by atoms with Gasteiger partial charge in [-0.25, -0.2) is 4.99 Å². The van der Waals surface area contributed by atoms with Crippen molar-refractivity contribution in [3.05, 3.63) is 192 Å². The molecule has 4 heterocycles. The van der Waals surface area contributed by atoms with E-state index in [1.54, 1.807) is 0 Å². The number of hydrogen-bond donors (Lipinski definition) is 2. The smallest absolute Gasteiger partial charge is 0.135 e. The van der Waals surface area contributed by atoms with Crippen molar-refractivity contribution in [3.63, 3.8) is 0 Å². The van der Waals surface area contributed by atoms with Crippen molar-refractivity contribution >= 4 is 76.3 Å². The minimum Gasteiger partial charge on any atom is -0.456 e. The molecule has 0 saturated heterocycles. The predicted molar refractivity (Wildman–Crippen MR) is 237 cm³/mol. The highest BCUT2D eigenvalue weighted by molar-refractivity contribution is 7.25. The Labute approximate surface area is 333 Å². The van der Waals surface area contributed by atoms with Crippen LogP contribution in [-0.2, 0) is 6.42 Å². The molecule has 2 unspecified atom stereocenters. The normalized spacial score (nSPS) is 16.7. The number of nitrogens with zero attached hydrogens (tertiary/aromatic N) is 2. The Balaban J connectivity index is 0.918. The highest BCUT2D eigenvalue weighted by atomic mass is 32.1. The van der Waals surface area contributed by atoms with E-state index >= 15 is 0 Å². The third-order valence-corrected chi connectivity index (χ3v) is 12.9. The number of thiophene rings is 1. The fourth-order valence-corrected chi connectivity index (χ4v) is 10.0. The lowest BCUT2D eigenvalue weighted by Crippen LogP contribution is -2.44. The van der Waals surface area contributed by atoms with E-state index in [9.17, 15) is 0 Å². The zero-order chi connectivity index (χ0) is 37.5. The number of aliphatic imine (C=N–C) groups is 1. The Hall–Kier alpha value is -6.73. The molecule has 272 valence electrons. The number of aromatic nitrogens is 1. The van der Waals surface area contributed by atoms with Gasteiger partial charge in [-0.1, -0.05) is 109 Å². The molecule has 57 heavy (non-hydrogen) atoms. The van der Waals surface area contributed by atoms with Crippen LogP contribution in [0.2, 0.25) is 0 Å². The second kappa shape index (κ2) is 12.9. The summed E-state index contributed by atoms with van der Waals surface area (Å²) in [6, 6.07) is 56.7. The Bertz CT molecular complexity index is 3260. The summed E-state index contributed by atoms with van der Waals surface area (Å²) in [6.45, 7) is 0. The Kier molecular flexibility index (Phi) is 7.37. The molecule has 2 N–H and O–H groups in total. The fourth-order valence-electron chi connectivity index (χ4n) is 8.98. The van der Waals surface area contributed by atoms with Gasteiger partial charge in [0.25, 0.3) is 0 Å². The molecule has 0 bridgehead atoms. The van der Waals surface area contributed by atoms with Crippen molar-refractivity contribution in [2.75, 3.05) is 0 Å². The molecule has 2 aliphatic rings. The lowest BCUT2D eigenvalue weighted by Gasteiger charge is -2.32.